The molecule has 2 atom stereocenters. The molecule has 5 nitrogen and oxygen atoms in total. The minimum atomic E-state index is -0.465. The number of aliphatic hydroxyl groups excluding tert-OH is 1. The van der Waals surface area contributed by atoms with E-state index < -0.39 is 6.10 Å². The van der Waals surface area contributed by atoms with Gasteiger partial charge in [0.25, 0.3) is 0 Å². The molecule has 0 aliphatic carbocycles. The van der Waals surface area contributed by atoms with Gasteiger partial charge in [-0.3, -0.25) is 4.79 Å². The predicted octanol–water partition coefficient (Wildman–Crippen LogP) is 2.37. The van der Waals surface area contributed by atoms with Crippen LogP contribution >= 0.6 is 0 Å². The summed E-state index contributed by atoms with van der Waals surface area (Å²) in [5.41, 5.74) is 2.54. The van der Waals surface area contributed by atoms with Crippen molar-refractivity contribution in [1.82, 2.24) is 10.1 Å². The maximum atomic E-state index is 12.3. The van der Waals surface area contributed by atoms with Crippen molar-refractivity contribution in [1.29, 1.82) is 0 Å². The summed E-state index contributed by atoms with van der Waals surface area (Å²) in [6, 6.07) is 10.1. The average molecular weight is 328 g/mol. The van der Waals surface area contributed by atoms with Crippen LogP contribution in [0.25, 0.3) is 0 Å². The Morgan fingerprint density at radius 2 is 2.21 bits per heavy atom. The van der Waals surface area contributed by atoms with E-state index in [-0.39, 0.29) is 11.8 Å². The Morgan fingerprint density at radius 1 is 1.38 bits per heavy atom. The molecule has 128 valence electrons. The van der Waals surface area contributed by atoms with Gasteiger partial charge in [-0.05, 0) is 36.8 Å². The number of aryl methyl sites for hydroxylation is 2. The lowest BCUT2D eigenvalue weighted by Gasteiger charge is -2.36. The maximum absolute atomic E-state index is 12.3. The van der Waals surface area contributed by atoms with Gasteiger partial charge in [0.1, 0.15) is 5.76 Å². The number of carbonyl (C=O) groups is 1. The van der Waals surface area contributed by atoms with E-state index in [4.69, 9.17) is 4.52 Å². The molecular formula is C19H24N2O3. The topological polar surface area (TPSA) is 66.6 Å². The Balaban J connectivity index is 1.51. The highest BCUT2D eigenvalue weighted by Crippen LogP contribution is 2.24. The zero-order valence-corrected chi connectivity index (χ0v) is 14.0. The molecule has 0 radical (unpaired) electrons. The van der Waals surface area contributed by atoms with Gasteiger partial charge >= 0.3 is 0 Å². The first-order valence-corrected chi connectivity index (χ1v) is 8.53. The van der Waals surface area contributed by atoms with E-state index in [9.17, 15) is 9.90 Å². The first kappa shape index (κ1) is 16.7. The second kappa shape index (κ2) is 7.62. The third-order valence-corrected chi connectivity index (χ3v) is 4.89. The number of likely N-dealkylation sites (tertiary alicyclic amines) is 1. The second-order valence-electron chi connectivity index (χ2n) is 6.57. The molecule has 1 aromatic heterocycles. The number of amides is 1. The number of benzene rings is 1. The number of nitrogens with zero attached hydrogens (tertiary/aromatic N) is 2. The molecule has 0 unspecified atom stereocenters. The third-order valence-electron chi connectivity index (χ3n) is 4.89. The number of hydrogen-bond donors (Lipinski definition) is 1. The Labute approximate surface area is 142 Å². The summed E-state index contributed by atoms with van der Waals surface area (Å²) >= 11 is 0. The van der Waals surface area contributed by atoms with Gasteiger partial charge in [-0.25, -0.2) is 0 Å². The average Bonchev–Trinajstić information content (AvgIpc) is 3.10. The van der Waals surface area contributed by atoms with Crippen LogP contribution in [0.15, 0.2) is 41.1 Å². The van der Waals surface area contributed by atoms with Crippen molar-refractivity contribution in [2.75, 3.05) is 13.1 Å². The Morgan fingerprint density at radius 3 is 2.92 bits per heavy atom. The van der Waals surface area contributed by atoms with E-state index in [0.717, 1.165) is 18.6 Å². The number of rotatable bonds is 5. The van der Waals surface area contributed by atoms with Gasteiger partial charge in [0.2, 0.25) is 5.91 Å². The van der Waals surface area contributed by atoms with Gasteiger partial charge in [-0.15, -0.1) is 0 Å². The normalized spacial score (nSPS) is 21.0. The summed E-state index contributed by atoms with van der Waals surface area (Å²) in [5.74, 6) is 1.00. The van der Waals surface area contributed by atoms with Crippen molar-refractivity contribution in [3.63, 3.8) is 0 Å². The molecule has 1 amide bonds. The molecule has 1 aliphatic rings. The molecule has 1 saturated heterocycles. The number of aromatic nitrogens is 1. The first-order valence-electron chi connectivity index (χ1n) is 8.53. The quantitative estimate of drug-likeness (QED) is 0.915. The number of piperidine rings is 1. The van der Waals surface area contributed by atoms with Gasteiger partial charge in [0.05, 0.1) is 12.3 Å². The van der Waals surface area contributed by atoms with E-state index in [2.05, 4.69) is 24.2 Å². The van der Waals surface area contributed by atoms with Gasteiger partial charge in [-0.2, -0.15) is 0 Å². The van der Waals surface area contributed by atoms with Crippen LogP contribution in [0.1, 0.15) is 29.7 Å². The number of hydrogen-bond acceptors (Lipinski definition) is 4. The number of carbonyl (C=O) groups excluding carboxylic acids is 1. The molecule has 5 heteroatoms. The monoisotopic (exact) mass is 328 g/mol. The summed E-state index contributed by atoms with van der Waals surface area (Å²) in [5, 5.41) is 14.1. The minimum Gasteiger partial charge on any atom is -0.391 e. The zero-order valence-electron chi connectivity index (χ0n) is 14.0. The largest absolute Gasteiger partial charge is 0.391 e. The molecule has 0 spiro atoms. The summed E-state index contributed by atoms with van der Waals surface area (Å²) in [4.78, 5) is 14.1. The van der Waals surface area contributed by atoms with Crippen molar-refractivity contribution in [2.45, 2.75) is 38.7 Å². The highest BCUT2D eigenvalue weighted by atomic mass is 16.5. The SMILES string of the molecule is Cc1ccccc1C[C@H]1CCN(C(=O)CCc2ccno2)C[C@@H]1O. The van der Waals surface area contributed by atoms with Gasteiger partial charge < -0.3 is 14.5 Å². The van der Waals surface area contributed by atoms with E-state index in [0.29, 0.717) is 25.9 Å². The number of aliphatic hydroxyl groups is 1. The molecule has 24 heavy (non-hydrogen) atoms. The van der Waals surface area contributed by atoms with Crippen LogP contribution in [0.2, 0.25) is 0 Å². The molecule has 1 fully saturated rings. The summed E-state index contributed by atoms with van der Waals surface area (Å²) in [6.07, 6.45) is 3.77. The van der Waals surface area contributed by atoms with Crippen LogP contribution in [0, 0.1) is 12.8 Å². The van der Waals surface area contributed by atoms with E-state index in [1.54, 1.807) is 17.2 Å². The third kappa shape index (κ3) is 4.03. The van der Waals surface area contributed by atoms with Crippen LogP contribution in [0.4, 0.5) is 0 Å². The molecular weight excluding hydrogens is 304 g/mol. The lowest BCUT2D eigenvalue weighted by Crippen LogP contribution is -2.47. The smallest absolute Gasteiger partial charge is 0.223 e. The first-order chi connectivity index (χ1) is 11.6. The molecule has 0 saturated carbocycles. The highest BCUT2D eigenvalue weighted by molar-refractivity contribution is 5.76. The number of β-amino-alcohol motifs (C(OH)–C–C–N with tert-alkyl or cyclic N) is 1. The Kier molecular flexibility index (Phi) is 5.30. The fourth-order valence-electron chi connectivity index (χ4n) is 3.33. The molecule has 2 heterocycles. The Hall–Kier alpha value is -2.14. The van der Waals surface area contributed by atoms with Gasteiger partial charge in [0, 0.05) is 32.0 Å². The van der Waals surface area contributed by atoms with Crippen LogP contribution in [0.5, 0.6) is 0 Å². The summed E-state index contributed by atoms with van der Waals surface area (Å²) < 4.78 is 5.02. The fourth-order valence-corrected chi connectivity index (χ4v) is 3.33. The van der Waals surface area contributed by atoms with Crippen molar-refractivity contribution in [3.8, 4) is 0 Å². The van der Waals surface area contributed by atoms with Crippen LogP contribution < -0.4 is 0 Å². The molecule has 3 rings (SSSR count). The molecule has 1 aliphatic heterocycles. The minimum absolute atomic E-state index is 0.0693. The summed E-state index contributed by atoms with van der Waals surface area (Å²) in [7, 11) is 0. The molecule has 1 aromatic carbocycles. The lowest BCUT2D eigenvalue weighted by molar-refractivity contribution is -0.135. The van der Waals surface area contributed by atoms with Crippen LogP contribution in [-0.4, -0.2) is 40.3 Å². The van der Waals surface area contributed by atoms with Crippen molar-refractivity contribution in [3.05, 3.63) is 53.4 Å². The van der Waals surface area contributed by atoms with Gasteiger partial charge in [-0.1, -0.05) is 29.4 Å². The second-order valence-corrected chi connectivity index (χ2v) is 6.57. The summed E-state index contributed by atoms with van der Waals surface area (Å²) in [6.45, 7) is 3.23. The van der Waals surface area contributed by atoms with Crippen LogP contribution in [-0.2, 0) is 17.6 Å². The zero-order chi connectivity index (χ0) is 16.9. The van der Waals surface area contributed by atoms with Gasteiger partial charge in [0.15, 0.2) is 0 Å². The Bertz CT molecular complexity index is 669. The fraction of sp³-hybridized carbons (Fsp3) is 0.474. The van der Waals surface area contributed by atoms with E-state index >= 15 is 0 Å². The van der Waals surface area contributed by atoms with E-state index in [1.165, 1.54) is 11.1 Å². The lowest BCUT2D eigenvalue weighted by atomic mass is 9.86. The standard InChI is InChI=1S/C19H24N2O3/c1-14-4-2-3-5-15(14)12-16-9-11-21(13-18(16)22)19(23)7-6-17-8-10-20-24-17/h2-5,8,10,16,18,22H,6-7,9,11-13H2,1H3/t16-,18+/m1/s1. The molecule has 1 N–H and O–H groups in total. The van der Waals surface area contributed by atoms with Crippen molar-refractivity contribution >= 4 is 5.91 Å². The predicted molar refractivity (Wildman–Crippen MR) is 90.4 cm³/mol. The van der Waals surface area contributed by atoms with E-state index in [1.807, 2.05) is 12.1 Å². The van der Waals surface area contributed by atoms with Crippen molar-refractivity contribution in [2.24, 2.45) is 5.92 Å². The maximum Gasteiger partial charge on any atom is 0.223 e. The van der Waals surface area contributed by atoms with Crippen molar-refractivity contribution < 1.29 is 14.4 Å². The van der Waals surface area contributed by atoms with Crippen LogP contribution in [0.3, 0.4) is 0 Å². The molecule has 2 aromatic rings. The highest BCUT2D eigenvalue weighted by Gasteiger charge is 2.30. The molecule has 0 bridgehead atoms.